The summed E-state index contributed by atoms with van der Waals surface area (Å²) in [5, 5.41) is 8.64. The van der Waals surface area contributed by atoms with Crippen LogP contribution in [0.15, 0.2) is 36.7 Å². The molecule has 3 aromatic rings. The molecule has 1 aliphatic rings. The molecule has 1 saturated heterocycles. The molecule has 4 rings (SSSR count). The summed E-state index contributed by atoms with van der Waals surface area (Å²) < 4.78 is 1.84. The standard InChI is InChI=1S/C16H19N7/c1-21-7-9-22(10-8-21)15-14-16(18-12-17-15)23(20-19-14)11-13-5-3-2-4-6-13/h2-6,12H,7-11H2,1H3/p+1. The van der Waals surface area contributed by atoms with Crippen molar-refractivity contribution >= 4 is 17.0 Å². The van der Waals surface area contributed by atoms with Crippen LogP contribution in [0.5, 0.6) is 0 Å². The number of anilines is 1. The van der Waals surface area contributed by atoms with Crippen LogP contribution in [-0.4, -0.2) is 58.2 Å². The van der Waals surface area contributed by atoms with Gasteiger partial charge in [-0.3, -0.25) is 0 Å². The zero-order valence-corrected chi connectivity index (χ0v) is 13.2. The number of rotatable bonds is 3. The lowest BCUT2D eigenvalue weighted by molar-refractivity contribution is -0.880. The van der Waals surface area contributed by atoms with Crippen LogP contribution >= 0.6 is 0 Å². The largest absolute Gasteiger partial charge is 0.343 e. The molecule has 3 heterocycles. The average molecular weight is 310 g/mol. The van der Waals surface area contributed by atoms with Gasteiger partial charge in [-0.1, -0.05) is 35.5 Å². The molecule has 1 aliphatic heterocycles. The second-order valence-corrected chi connectivity index (χ2v) is 6.05. The number of benzene rings is 1. The molecule has 23 heavy (non-hydrogen) atoms. The van der Waals surface area contributed by atoms with Gasteiger partial charge in [-0.05, 0) is 5.56 Å². The van der Waals surface area contributed by atoms with Crippen LogP contribution in [0.4, 0.5) is 5.82 Å². The molecule has 0 saturated carbocycles. The number of quaternary nitrogens is 1. The van der Waals surface area contributed by atoms with Crippen LogP contribution in [0.1, 0.15) is 5.56 Å². The van der Waals surface area contributed by atoms with Crippen molar-refractivity contribution in [2.24, 2.45) is 0 Å². The van der Waals surface area contributed by atoms with Crippen molar-refractivity contribution in [1.29, 1.82) is 0 Å². The first-order chi connectivity index (χ1) is 11.3. The number of piperazine rings is 1. The Kier molecular flexibility index (Phi) is 3.63. The summed E-state index contributed by atoms with van der Waals surface area (Å²) in [5.41, 5.74) is 2.77. The summed E-state index contributed by atoms with van der Waals surface area (Å²) in [6.07, 6.45) is 1.62. The number of hydrogen-bond donors (Lipinski definition) is 1. The van der Waals surface area contributed by atoms with Gasteiger partial charge in [0.15, 0.2) is 17.0 Å². The summed E-state index contributed by atoms with van der Waals surface area (Å²) in [6.45, 7) is 4.88. The van der Waals surface area contributed by atoms with Crippen molar-refractivity contribution in [2.45, 2.75) is 6.54 Å². The third-order valence-corrected chi connectivity index (χ3v) is 4.37. The molecule has 7 heteroatoms. The molecule has 0 radical (unpaired) electrons. The third-order valence-electron chi connectivity index (χ3n) is 4.37. The van der Waals surface area contributed by atoms with E-state index < -0.39 is 0 Å². The van der Waals surface area contributed by atoms with Gasteiger partial charge in [0.2, 0.25) is 0 Å². The van der Waals surface area contributed by atoms with Gasteiger partial charge < -0.3 is 9.80 Å². The van der Waals surface area contributed by atoms with Crippen molar-refractivity contribution in [1.82, 2.24) is 25.0 Å². The fourth-order valence-corrected chi connectivity index (χ4v) is 2.97. The number of fused-ring (bicyclic) bond motifs is 1. The fourth-order valence-electron chi connectivity index (χ4n) is 2.97. The highest BCUT2D eigenvalue weighted by Crippen LogP contribution is 2.20. The minimum Gasteiger partial charge on any atom is -0.343 e. The Morgan fingerprint density at radius 2 is 1.87 bits per heavy atom. The fraction of sp³-hybridized carbons (Fsp3) is 0.375. The zero-order valence-electron chi connectivity index (χ0n) is 13.2. The van der Waals surface area contributed by atoms with Crippen molar-refractivity contribution < 1.29 is 4.90 Å². The first-order valence-electron chi connectivity index (χ1n) is 7.95. The molecule has 1 N–H and O–H groups in total. The molecule has 1 aromatic carbocycles. The Hall–Kier alpha value is -2.54. The van der Waals surface area contributed by atoms with Crippen LogP contribution in [0, 0.1) is 0 Å². The number of likely N-dealkylation sites (N-methyl/N-ethyl adjacent to an activating group) is 1. The van der Waals surface area contributed by atoms with Gasteiger partial charge in [0, 0.05) is 0 Å². The molecule has 0 bridgehead atoms. The predicted octanol–water partition coefficient (Wildman–Crippen LogP) is -0.396. The lowest BCUT2D eigenvalue weighted by Gasteiger charge is -2.30. The number of aromatic nitrogens is 5. The van der Waals surface area contributed by atoms with Crippen molar-refractivity contribution in [3.8, 4) is 0 Å². The first kappa shape index (κ1) is 14.1. The first-order valence-corrected chi connectivity index (χ1v) is 7.95. The van der Waals surface area contributed by atoms with E-state index in [1.807, 2.05) is 22.9 Å². The van der Waals surface area contributed by atoms with Crippen molar-refractivity contribution in [2.75, 3.05) is 38.1 Å². The topological polar surface area (TPSA) is 64.2 Å². The van der Waals surface area contributed by atoms with Crippen molar-refractivity contribution in [3.05, 3.63) is 42.2 Å². The number of hydrogen-bond acceptors (Lipinski definition) is 5. The Bertz CT molecular complexity index is 791. The van der Waals surface area contributed by atoms with E-state index in [2.05, 4.69) is 44.4 Å². The molecule has 7 nitrogen and oxygen atoms in total. The van der Waals surface area contributed by atoms with E-state index >= 15 is 0 Å². The van der Waals surface area contributed by atoms with Gasteiger partial charge >= 0.3 is 0 Å². The van der Waals surface area contributed by atoms with Crippen LogP contribution in [-0.2, 0) is 6.54 Å². The van der Waals surface area contributed by atoms with Gasteiger partial charge in [0.1, 0.15) is 6.33 Å². The van der Waals surface area contributed by atoms with E-state index in [1.54, 1.807) is 11.2 Å². The lowest BCUT2D eigenvalue weighted by Crippen LogP contribution is -3.12. The van der Waals surface area contributed by atoms with Gasteiger partial charge in [-0.2, -0.15) is 0 Å². The third kappa shape index (κ3) is 2.75. The quantitative estimate of drug-likeness (QED) is 0.713. The summed E-state index contributed by atoms with van der Waals surface area (Å²) in [7, 11) is 2.23. The summed E-state index contributed by atoms with van der Waals surface area (Å²) in [5.74, 6) is 0.904. The van der Waals surface area contributed by atoms with Gasteiger partial charge in [0.25, 0.3) is 0 Å². The molecule has 0 unspecified atom stereocenters. The maximum absolute atomic E-state index is 4.47. The molecule has 1 fully saturated rings. The van der Waals surface area contributed by atoms with Crippen LogP contribution < -0.4 is 9.80 Å². The van der Waals surface area contributed by atoms with E-state index in [1.165, 1.54) is 5.56 Å². The predicted molar refractivity (Wildman–Crippen MR) is 87.5 cm³/mol. The second-order valence-electron chi connectivity index (χ2n) is 6.05. The number of nitrogens with zero attached hydrogens (tertiary/aromatic N) is 6. The molecule has 0 spiro atoms. The highest BCUT2D eigenvalue weighted by atomic mass is 15.4. The molecule has 118 valence electrons. The molecular formula is C16H20N7+. The monoisotopic (exact) mass is 310 g/mol. The summed E-state index contributed by atoms with van der Waals surface area (Å²) in [6, 6.07) is 10.2. The SMILES string of the molecule is C[NH+]1CCN(c2ncnc3c2nnn3Cc2ccccc2)CC1. The van der Waals surface area contributed by atoms with E-state index in [9.17, 15) is 0 Å². The van der Waals surface area contributed by atoms with E-state index in [0.29, 0.717) is 6.54 Å². The van der Waals surface area contributed by atoms with Gasteiger partial charge in [-0.25, -0.2) is 14.6 Å². The van der Waals surface area contributed by atoms with Crippen LogP contribution in [0.2, 0.25) is 0 Å². The van der Waals surface area contributed by atoms with Crippen LogP contribution in [0.3, 0.4) is 0 Å². The summed E-state index contributed by atoms with van der Waals surface area (Å²) >= 11 is 0. The minimum absolute atomic E-state index is 0.667. The molecular weight excluding hydrogens is 290 g/mol. The molecule has 0 atom stereocenters. The second kappa shape index (κ2) is 5.92. The summed E-state index contributed by atoms with van der Waals surface area (Å²) in [4.78, 5) is 12.7. The van der Waals surface area contributed by atoms with E-state index in [4.69, 9.17) is 0 Å². The lowest BCUT2D eigenvalue weighted by atomic mass is 10.2. The molecule has 2 aromatic heterocycles. The van der Waals surface area contributed by atoms with Crippen LogP contribution in [0.25, 0.3) is 11.2 Å². The van der Waals surface area contributed by atoms with Gasteiger partial charge in [-0.15, -0.1) is 5.10 Å². The maximum atomic E-state index is 4.47. The maximum Gasteiger partial charge on any atom is 0.184 e. The normalized spacial score (nSPS) is 16.1. The minimum atomic E-state index is 0.667. The highest BCUT2D eigenvalue weighted by Gasteiger charge is 2.22. The van der Waals surface area contributed by atoms with Gasteiger partial charge in [0.05, 0.1) is 39.8 Å². The Labute approximate surface area is 134 Å². The van der Waals surface area contributed by atoms with E-state index in [0.717, 1.165) is 43.2 Å². The Morgan fingerprint density at radius 1 is 1.09 bits per heavy atom. The molecule has 0 aliphatic carbocycles. The Morgan fingerprint density at radius 3 is 2.65 bits per heavy atom. The highest BCUT2D eigenvalue weighted by molar-refractivity contribution is 5.82. The van der Waals surface area contributed by atoms with E-state index in [-0.39, 0.29) is 0 Å². The molecule has 0 amide bonds. The number of nitrogens with one attached hydrogen (secondary N) is 1. The van der Waals surface area contributed by atoms with Crippen molar-refractivity contribution in [3.63, 3.8) is 0 Å². The zero-order chi connectivity index (χ0) is 15.6. The Balaban J connectivity index is 1.66. The average Bonchev–Trinajstić information content (AvgIpc) is 3.00. The smallest absolute Gasteiger partial charge is 0.184 e.